The quantitative estimate of drug-likeness (QED) is 0.418. The van der Waals surface area contributed by atoms with Gasteiger partial charge in [-0.1, -0.05) is 41.6 Å². The molecule has 2 heterocycles. The Hall–Kier alpha value is -2.46. The molecule has 102 valence electrons. The number of rotatable bonds is 2. The van der Waals surface area contributed by atoms with Gasteiger partial charge in [-0.15, -0.1) is 16.7 Å². The number of alkyl halides is 1. The number of aromatic nitrogens is 4. The fraction of sp³-hybridized carbons (Fsp3) is 0.0625. The Kier molecular flexibility index (Phi) is 2.82. The lowest BCUT2D eigenvalue weighted by Crippen LogP contribution is -2.03. The standard InChI is InChI=1S/C16H11ClN4/c17-9-11-10-18-20-21(11)16-12-5-1-3-7-14(12)19-15-8-4-2-6-13(15)16/h1-8,10H,9H2. The van der Waals surface area contributed by atoms with E-state index in [2.05, 4.69) is 10.3 Å². The zero-order chi connectivity index (χ0) is 14.2. The molecular weight excluding hydrogens is 284 g/mol. The maximum absolute atomic E-state index is 6.01. The third kappa shape index (κ3) is 1.87. The Bertz CT molecular complexity index is 891. The van der Waals surface area contributed by atoms with Crippen LogP contribution in [0.1, 0.15) is 5.69 Å². The molecule has 21 heavy (non-hydrogen) atoms. The van der Waals surface area contributed by atoms with Gasteiger partial charge in [-0.25, -0.2) is 9.67 Å². The van der Waals surface area contributed by atoms with Gasteiger partial charge < -0.3 is 0 Å². The number of hydrogen-bond acceptors (Lipinski definition) is 3. The Morgan fingerprint density at radius 2 is 1.52 bits per heavy atom. The summed E-state index contributed by atoms with van der Waals surface area (Å²) in [6.07, 6.45) is 1.69. The molecule has 0 bridgehead atoms. The van der Waals surface area contributed by atoms with Gasteiger partial charge in [0.25, 0.3) is 0 Å². The van der Waals surface area contributed by atoms with Crippen LogP contribution in [-0.4, -0.2) is 20.0 Å². The average Bonchev–Trinajstić information content (AvgIpc) is 3.00. The number of hydrogen-bond donors (Lipinski definition) is 0. The van der Waals surface area contributed by atoms with Crippen molar-refractivity contribution in [1.29, 1.82) is 0 Å². The normalized spacial score (nSPS) is 11.3. The lowest BCUT2D eigenvalue weighted by atomic mass is 10.1. The average molecular weight is 295 g/mol. The summed E-state index contributed by atoms with van der Waals surface area (Å²) in [5, 5.41) is 10.3. The third-order valence-corrected chi connectivity index (χ3v) is 3.80. The molecule has 0 spiro atoms. The van der Waals surface area contributed by atoms with E-state index in [0.29, 0.717) is 5.88 Å². The molecule has 4 rings (SSSR count). The van der Waals surface area contributed by atoms with Crippen LogP contribution in [0.5, 0.6) is 0 Å². The van der Waals surface area contributed by atoms with Crippen LogP contribution < -0.4 is 0 Å². The summed E-state index contributed by atoms with van der Waals surface area (Å²) in [6, 6.07) is 16.1. The summed E-state index contributed by atoms with van der Waals surface area (Å²) in [7, 11) is 0. The molecule has 2 aromatic carbocycles. The minimum absolute atomic E-state index is 0.359. The van der Waals surface area contributed by atoms with Crippen molar-refractivity contribution in [2.24, 2.45) is 0 Å². The predicted molar refractivity (Wildman–Crippen MR) is 83.7 cm³/mol. The molecule has 0 aliphatic rings. The monoisotopic (exact) mass is 294 g/mol. The SMILES string of the molecule is ClCc1cnnn1-c1c2ccccc2nc2ccccc12. The van der Waals surface area contributed by atoms with Crippen molar-refractivity contribution < 1.29 is 0 Å². The first kappa shape index (κ1) is 12.3. The van der Waals surface area contributed by atoms with Crippen LogP contribution in [-0.2, 0) is 5.88 Å². The van der Waals surface area contributed by atoms with E-state index in [1.54, 1.807) is 10.9 Å². The first-order chi connectivity index (χ1) is 10.4. The smallest absolute Gasteiger partial charge is 0.0855 e. The number of fused-ring (bicyclic) bond motifs is 2. The van der Waals surface area contributed by atoms with Gasteiger partial charge in [0.05, 0.1) is 34.5 Å². The van der Waals surface area contributed by atoms with E-state index in [1.807, 2.05) is 48.5 Å². The van der Waals surface area contributed by atoms with E-state index in [4.69, 9.17) is 16.6 Å². The van der Waals surface area contributed by atoms with Crippen LogP contribution in [0.15, 0.2) is 54.7 Å². The second kappa shape index (κ2) is 4.82. The van der Waals surface area contributed by atoms with Gasteiger partial charge >= 0.3 is 0 Å². The molecule has 4 nitrogen and oxygen atoms in total. The predicted octanol–water partition coefficient (Wildman–Crippen LogP) is 3.71. The van der Waals surface area contributed by atoms with Crippen LogP contribution in [0, 0.1) is 0 Å². The second-order valence-corrected chi connectivity index (χ2v) is 5.03. The summed E-state index contributed by atoms with van der Waals surface area (Å²) in [5.41, 5.74) is 3.70. The molecule has 0 fully saturated rings. The molecule has 0 aliphatic carbocycles. The van der Waals surface area contributed by atoms with Crippen LogP contribution >= 0.6 is 11.6 Å². The lowest BCUT2D eigenvalue weighted by Gasteiger charge is -2.11. The highest BCUT2D eigenvalue weighted by atomic mass is 35.5. The van der Waals surface area contributed by atoms with Crippen molar-refractivity contribution in [2.75, 3.05) is 0 Å². The number of para-hydroxylation sites is 2. The zero-order valence-corrected chi connectivity index (χ0v) is 11.8. The van der Waals surface area contributed by atoms with Gasteiger partial charge in [0, 0.05) is 10.8 Å². The van der Waals surface area contributed by atoms with Crippen LogP contribution in [0.25, 0.3) is 27.5 Å². The number of nitrogens with zero attached hydrogens (tertiary/aromatic N) is 4. The Labute approximate surface area is 126 Å². The Morgan fingerprint density at radius 3 is 2.14 bits per heavy atom. The lowest BCUT2D eigenvalue weighted by molar-refractivity contribution is 0.790. The number of halogens is 1. The third-order valence-electron chi connectivity index (χ3n) is 3.53. The van der Waals surface area contributed by atoms with Crippen LogP contribution in [0.3, 0.4) is 0 Å². The molecule has 0 saturated carbocycles. The second-order valence-electron chi connectivity index (χ2n) is 4.77. The first-order valence-electron chi connectivity index (χ1n) is 6.62. The van der Waals surface area contributed by atoms with Crippen molar-refractivity contribution in [3.05, 3.63) is 60.4 Å². The molecule has 0 saturated heterocycles. The van der Waals surface area contributed by atoms with Gasteiger partial charge in [0.2, 0.25) is 0 Å². The summed E-state index contributed by atoms with van der Waals surface area (Å²) in [6.45, 7) is 0. The van der Waals surface area contributed by atoms with Gasteiger partial charge in [0.1, 0.15) is 0 Å². The van der Waals surface area contributed by atoms with Crippen LogP contribution in [0.2, 0.25) is 0 Å². The molecule has 5 heteroatoms. The summed E-state index contributed by atoms with van der Waals surface area (Å²) < 4.78 is 1.80. The van der Waals surface area contributed by atoms with Gasteiger partial charge in [0.15, 0.2) is 0 Å². The Morgan fingerprint density at radius 1 is 0.905 bits per heavy atom. The fourth-order valence-electron chi connectivity index (χ4n) is 2.58. The van der Waals surface area contributed by atoms with Crippen molar-refractivity contribution in [2.45, 2.75) is 5.88 Å². The van der Waals surface area contributed by atoms with Gasteiger partial charge in [-0.05, 0) is 12.1 Å². The van der Waals surface area contributed by atoms with Gasteiger partial charge in [-0.2, -0.15) is 0 Å². The molecule has 0 amide bonds. The maximum Gasteiger partial charge on any atom is 0.0855 e. The summed E-state index contributed by atoms with van der Waals surface area (Å²) in [5.74, 6) is 0.359. The van der Waals surface area contributed by atoms with E-state index in [0.717, 1.165) is 33.2 Å². The summed E-state index contributed by atoms with van der Waals surface area (Å²) in [4.78, 5) is 4.71. The van der Waals surface area contributed by atoms with E-state index in [9.17, 15) is 0 Å². The molecule has 2 aromatic heterocycles. The number of benzene rings is 2. The minimum atomic E-state index is 0.359. The molecule has 0 radical (unpaired) electrons. The first-order valence-corrected chi connectivity index (χ1v) is 7.15. The molecule has 0 N–H and O–H groups in total. The van der Waals surface area contributed by atoms with Crippen molar-refractivity contribution in [3.8, 4) is 5.69 Å². The highest BCUT2D eigenvalue weighted by Gasteiger charge is 2.14. The zero-order valence-electron chi connectivity index (χ0n) is 11.1. The Balaban J connectivity index is 2.22. The van der Waals surface area contributed by atoms with Crippen LogP contribution in [0.4, 0.5) is 0 Å². The largest absolute Gasteiger partial charge is 0.248 e. The molecule has 0 atom stereocenters. The number of pyridine rings is 1. The van der Waals surface area contributed by atoms with Crippen molar-refractivity contribution in [1.82, 2.24) is 20.0 Å². The van der Waals surface area contributed by atoms with E-state index < -0.39 is 0 Å². The van der Waals surface area contributed by atoms with Gasteiger partial charge in [-0.3, -0.25) is 0 Å². The minimum Gasteiger partial charge on any atom is -0.248 e. The van der Waals surface area contributed by atoms with Crippen molar-refractivity contribution in [3.63, 3.8) is 0 Å². The highest BCUT2D eigenvalue weighted by molar-refractivity contribution is 6.17. The fourth-order valence-corrected chi connectivity index (χ4v) is 2.76. The van der Waals surface area contributed by atoms with E-state index in [1.165, 1.54) is 0 Å². The molecule has 0 aliphatic heterocycles. The molecular formula is C16H11ClN4. The topological polar surface area (TPSA) is 43.6 Å². The highest BCUT2D eigenvalue weighted by Crippen LogP contribution is 2.29. The molecule has 4 aromatic rings. The van der Waals surface area contributed by atoms with Crippen molar-refractivity contribution >= 4 is 33.4 Å². The van der Waals surface area contributed by atoms with E-state index >= 15 is 0 Å². The van der Waals surface area contributed by atoms with E-state index in [-0.39, 0.29) is 0 Å². The maximum atomic E-state index is 6.01. The summed E-state index contributed by atoms with van der Waals surface area (Å²) >= 11 is 6.01. The molecule has 0 unspecified atom stereocenters.